The van der Waals surface area contributed by atoms with Gasteiger partial charge < -0.3 is 9.84 Å². The molecule has 98 valence electrons. The van der Waals surface area contributed by atoms with Gasteiger partial charge in [0.15, 0.2) is 0 Å². The van der Waals surface area contributed by atoms with Gasteiger partial charge in [0.1, 0.15) is 11.4 Å². The fourth-order valence-electron chi connectivity index (χ4n) is 1.37. The summed E-state index contributed by atoms with van der Waals surface area (Å²) >= 11 is 0. The Labute approximate surface area is 106 Å². The molecule has 0 aromatic heterocycles. The number of esters is 1. The van der Waals surface area contributed by atoms with Crippen molar-refractivity contribution < 1.29 is 19.0 Å². The molecule has 1 aromatic carbocycles. The van der Waals surface area contributed by atoms with Gasteiger partial charge in [-0.1, -0.05) is 6.07 Å². The summed E-state index contributed by atoms with van der Waals surface area (Å²) in [6.07, 6.45) is 2.76. The Kier molecular flexibility index (Phi) is 4.62. The number of carbonyl (C=O) groups is 1. The molecular formula is C14H17FO3. The van der Waals surface area contributed by atoms with Crippen LogP contribution < -0.4 is 0 Å². The van der Waals surface area contributed by atoms with Gasteiger partial charge in [-0.3, -0.25) is 0 Å². The Morgan fingerprint density at radius 1 is 1.44 bits per heavy atom. The fourth-order valence-corrected chi connectivity index (χ4v) is 1.37. The highest BCUT2D eigenvalue weighted by molar-refractivity contribution is 5.87. The summed E-state index contributed by atoms with van der Waals surface area (Å²) in [7, 11) is 0. The van der Waals surface area contributed by atoms with Gasteiger partial charge in [0.05, 0.1) is 6.61 Å². The lowest BCUT2D eigenvalue weighted by atomic mass is 10.1. The predicted molar refractivity (Wildman–Crippen MR) is 67.2 cm³/mol. The van der Waals surface area contributed by atoms with Gasteiger partial charge in [-0.05, 0) is 50.1 Å². The van der Waals surface area contributed by atoms with Gasteiger partial charge in [0.25, 0.3) is 0 Å². The van der Waals surface area contributed by atoms with Crippen LogP contribution in [0.15, 0.2) is 24.3 Å². The largest absolute Gasteiger partial charge is 0.457 e. The van der Waals surface area contributed by atoms with Crippen LogP contribution in [0.1, 0.15) is 31.9 Å². The maximum atomic E-state index is 12.9. The number of halogens is 1. The molecule has 0 atom stereocenters. The number of aliphatic hydroxyl groups is 1. The zero-order chi connectivity index (χ0) is 13.8. The second-order valence-electron chi connectivity index (χ2n) is 4.87. The fraction of sp³-hybridized carbons (Fsp3) is 0.357. The van der Waals surface area contributed by atoms with Crippen molar-refractivity contribution in [2.24, 2.45) is 0 Å². The number of hydrogen-bond donors (Lipinski definition) is 1. The molecule has 0 saturated heterocycles. The van der Waals surface area contributed by atoms with E-state index in [0.717, 1.165) is 0 Å². The zero-order valence-electron chi connectivity index (χ0n) is 10.7. The minimum Gasteiger partial charge on any atom is -0.457 e. The first-order valence-corrected chi connectivity index (χ1v) is 5.62. The van der Waals surface area contributed by atoms with Crippen molar-refractivity contribution in [2.45, 2.75) is 33.0 Å². The summed E-state index contributed by atoms with van der Waals surface area (Å²) in [6, 6.07) is 4.00. The Hall–Kier alpha value is -1.68. The lowest BCUT2D eigenvalue weighted by molar-refractivity contribution is -0.148. The molecule has 0 aliphatic heterocycles. The maximum Gasteiger partial charge on any atom is 0.331 e. The molecule has 1 aromatic rings. The van der Waals surface area contributed by atoms with Gasteiger partial charge in [-0.15, -0.1) is 0 Å². The highest BCUT2D eigenvalue weighted by Crippen LogP contribution is 2.14. The Balaban J connectivity index is 2.81. The van der Waals surface area contributed by atoms with E-state index < -0.39 is 17.4 Å². The second kappa shape index (κ2) is 5.78. The van der Waals surface area contributed by atoms with Crippen LogP contribution in [0.25, 0.3) is 6.08 Å². The van der Waals surface area contributed by atoms with Crippen LogP contribution in [0.4, 0.5) is 4.39 Å². The molecule has 0 fully saturated rings. The molecule has 4 heteroatoms. The average molecular weight is 252 g/mol. The lowest BCUT2D eigenvalue weighted by Gasteiger charge is -2.17. The molecule has 18 heavy (non-hydrogen) atoms. The van der Waals surface area contributed by atoms with Gasteiger partial charge in [-0.2, -0.15) is 0 Å². The quantitative estimate of drug-likeness (QED) is 0.664. The summed E-state index contributed by atoms with van der Waals surface area (Å²) in [6.45, 7) is 5.03. The van der Waals surface area contributed by atoms with Gasteiger partial charge in [0, 0.05) is 6.08 Å². The van der Waals surface area contributed by atoms with Crippen molar-refractivity contribution >= 4 is 12.0 Å². The van der Waals surface area contributed by atoms with Crippen LogP contribution in [0.3, 0.4) is 0 Å². The summed E-state index contributed by atoms with van der Waals surface area (Å²) < 4.78 is 18.0. The van der Waals surface area contributed by atoms with Crippen LogP contribution in [-0.4, -0.2) is 16.7 Å². The lowest BCUT2D eigenvalue weighted by Crippen LogP contribution is -2.22. The molecule has 1 N–H and O–H groups in total. The third kappa shape index (κ3) is 4.67. The van der Waals surface area contributed by atoms with Gasteiger partial charge in [-0.25, -0.2) is 9.18 Å². The van der Waals surface area contributed by atoms with Crippen molar-refractivity contribution in [1.82, 2.24) is 0 Å². The zero-order valence-corrected chi connectivity index (χ0v) is 10.7. The highest BCUT2D eigenvalue weighted by atomic mass is 19.1. The van der Waals surface area contributed by atoms with Crippen LogP contribution in [0, 0.1) is 5.82 Å². The van der Waals surface area contributed by atoms with E-state index >= 15 is 0 Å². The molecule has 0 aliphatic carbocycles. The highest BCUT2D eigenvalue weighted by Gasteiger charge is 2.13. The van der Waals surface area contributed by atoms with Crippen molar-refractivity contribution in [3.05, 3.63) is 41.2 Å². The van der Waals surface area contributed by atoms with E-state index in [1.807, 2.05) is 0 Å². The Morgan fingerprint density at radius 3 is 2.67 bits per heavy atom. The third-order valence-corrected chi connectivity index (χ3v) is 2.08. The first-order valence-electron chi connectivity index (χ1n) is 5.62. The van der Waals surface area contributed by atoms with Crippen LogP contribution in [0.2, 0.25) is 0 Å². The minimum atomic E-state index is -0.552. The van der Waals surface area contributed by atoms with Crippen LogP contribution in [0.5, 0.6) is 0 Å². The van der Waals surface area contributed by atoms with Crippen molar-refractivity contribution in [3.8, 4) is 0 Å². The normalized spacial score (nSPS) is 11.8. The van der Waals surface area contributed by atoms with Crippen LogP contribution in [-0.2, 0) is 16.1 Å². The SMILES string of the molecule is CC(C)(C)OC(=O)C=Cc1ccc(F)cc1CO. The summed E-state index contributed by atoms with van der Waals surface area (Å²) in [5.74, 6) is -0.899. The number of carbonyl (C=O) groups excluding carboxylic acids is 1. The standard InChI is InChI=1S/C14H17FO3/c1-14(2,3)18-13(17)7-5-10-4-6-12(15)8-11(10)9-16/h4-8,16H,9H2,1-3H3. The summed E-state index contributed by atoms with van der Waals surface area (Å²) in [5, 5.41) is 9.08. The second-order valence-corrected chi connectivity index (χ2v) is 4.87. The van der Waals surface area contributed by atoms with Gasteiger partial charge in [0.2, 0.25) is 0 Å². The number of ether oxygens (including phenoxy) is 1. The first-order chi connectivity index (χ1) is 8.31. The molecule has 3 nitrogen and oxygen atoms in total. The molecule has 0 aliphatic rings. The van der Waals surface area contributed by atoms with E-state index in [1.165, 1.54) is 30.4 Å². The maximum absolute atomic E-state index is 12.9. The molecule has 0 saturated carbocycles. The number of hydrogen-bond acceptors (Lipinski definition) is 3. The predicted octanol–water partition coefficient (Wildman–Crippen LogP) is 2.67. The molecule has 0 heterocycles. The van der Waals surface area contributed by atoms with E-state index in [1.54, 1.807) is 20.8 Å². The van der Waals surface area contributed by atoms with Crippen molar-refractivity contribution in [3.63, 3.8) is 0 Å². The van der Waals surface area contributed by atoms with Crippen molar-refractivity contribution in [1.29, 1.82) is 0 Å². The van der Waals surface area contributed by atoms with Crippen LogP contribution >= 0.6 is 0 Å². The molecule has 0 amide bonds. The summed E-state index contributed by atoms with van der Waals surface area (Å²) in [4.78, 5) is 11.5. The number of aliphatic hydroxyl groups excluding tert-OH is 1. The van der Waals surface area contributed by atoms with Crippen molar-refractivity contribution in [2.75, 3.05) is 0 Å². The average Bonchev–Trinajstić information content (AvgIpc) is 2.24. The molecule has 0 radical (unpaired) electrons. The minimum absolute atomic E-state index is 0.286. The molecule has 0 spiro atoms. The van der Waals surface area contributed by atoms with E-state index in [4.69, 9.17) is 9.84 Å². The Morgan fingerprint density at radius 2 is 2.11 bits per heavy atom. The number of benzene rings is 1. The topological polar surface area (TPSA) is 46.5 Å². The van der Waals surface area contributed by atoms with E-state index in [9.17, 15) is 9.18 Å². The van der Waals surface area contributed by atoms with E-state index in [2.05, 4.69) is 0 Å². The molecule has 0 unspecified atom stereocenters. The molecule has 1 rings (SSSR count). The molecular weight excluding hydrogens is 235 g/mol. The smallest absolute Gasteiger partial charge is 0.331 e. The van der Waals surface area contributed by atoms with E-state index in [0.29, 0.717) is 11.1 Å². The first kappa shape index (κ1) is 14.4. The Bertz CT molecular complexity index is 459. The van der Waals surface area contributed by atoms with Gasteiger partial charge >= 0.3 is 5.97 Å². The van der Waals surface area contributed by atoms with E-state index in [-0.39, 0.29) is 6.61 Å². The summed E-state index contributed by atoms with van der Waals surface area (Å²) in [5.41, 5.74) is 0.462. The third-order valence-electron chi connectivity index (χ3n) is 2.08. The monoisotopic (exact) mass is 252 g/mol. The number of rotatable bonds is 3. The molecule has 0 bridgehead atoms.